The van der Waals surface area contributed by atoms with Gasteiger partial charge in [0.1, 0.15) is 5.75 Å². The molecule has 0 atom stereocenters. The highest BCUT2D eigenvalue weighted by molar-refractivity contribution is 7.92. The van der Waals surface area contributed by atoms with Crippen molar-refractivity contribution in [2.24, 2.45) is 0 Å². The number of hydrogen-bond acceptors (Lipinski definition) is 5. The van der Waals surface area contributed by atoms with Crippen LogP contribution in [0.1, 0.15) is 34.8 Å². The molecule has 9 heteroatoms. The summed E-state index contributed by atoms with van der Waals surface area (Å²) in [5.74, 6) is 0.232. The van der Waals surface area contributed by atoms with Crippen molar-refractivity contribution in [2.75, 3.05) is 16.6 Å². The van der Waals surface area contributed by atoms with Crippen molar-refractivity contribution in [1.29, 1.82) is 0 Å². The highest BCUT2D eigenvalue weighted by atomic mass is 32.2. The molecular formula is C25H27N3O4S2. The van der Waals surface area contributed by atoms with Gasteiger partial charge in [0.15, 0.2) is 5.11 Å². The highest BCUT2D eigenvalue weighted by Gasteiger charge is 2.15. The second-order valence-corrected chi connectivity index (χ2v) is 9.80. The molecule has 3 aromatic rings. The summed E-state index contributed by atoms with van der Waals surface area (Å²) in [6, 6.07) is 18.3. The highest BCUT2D eigenvalue weighted by Crippen LogP contribution is 2.20. The Morgan fingerprint density at radius 2 is 1.65 bits per heavy atom. The number of sulfonamides is 1. The first-order chi connectivity index (χ1) is 16.2. The first-order valence-corrected chi connectivity index (χ1v) is 12.6. The number of hydrogen-bond donors (Lipinski definition) is 3. The Morgan fingerprint density at radius 1 is 0.941 bits per heavy atom. The van der Waals surface area contributed by atoms with Gasteiger partial charge in [-0.25, -0.2) is 8.42 Å². The molecule has 7 nitrogen and oxygen atoms in total. The van der Waals surface area contributed by atoms with Gasteiger partial charge in [-0.3, -0.25) is 14.8 Å². The molecule has 0 heterocycles. The second-order valence-electron chi connectivity index (χ2n) is 7.71. The Balaban J connectivity index is 1.61. The zero-order valence-corrected chi connectivity index (χ0v) is 20.8. The molecule has 0 saturated carbocycles. The first kappa shape index (κ1) is 25.2. The van der Waals surface area contributed by atoms with Gasteiger partial charge < -0.3 is 10.1 Å². The molecule has 0 unspecified atom stereocenters. The number of rotatable bonds is 8. The Labute approximate surface area is 205 Å². The Bertz CT molecular complexity index is 1290. The van der Waals surface area contributed by atoms with E-state index in [1.54, 1.807) is 48.5 Å². The zero-order valence-electron chi connectivity index (χ0n) is 19.2. The summed E-state index contributed by atoms with van der Waals surface area (Å²) in [5, 5.41) is 5.59. The number of aryl methyl sites for hydroxylation is 2. The van der Waals surface area contributed by atoms with E-state index >= 15 is 0 Å². The summed E-state index contributed by atoms with van der Waals surface area (Å²) >= 11 is 5.23. The van der Waals surface area contributed by atoms with E-state index in [2.05, 4.69) is 15.4 Å². The van der Waals surface area contributed by atoms with Crippen LogP contribution in [0.5, 0.6) is 5.75 Å². The van der Waals surface area contributed by atoms with Gasteiger partial charge in [0.25, 0.3) is 15.9 Å². The third kappa shape index (κ3) is 6.79. The average molecular weight is 498 g/mol. The predicted molar refractivity (Wildman–Crippen MR) is 139 cm³/mol. The number of nitrogens with one attached hydrogen (secondary N) is 3. The lowest BCUT2D eigenvalue weighted by Crippen LogP contribution is -2.34. The van der Waals surface area contributed by atoms with E-state index in [1.807, 2.05) is 26.8 Å². The molecule has 0 saturated heterocycles. The largest absolute Gasteiger partial charge is 0.494 e. The number of amides is 1. The summed E-state index contributed by atoms with van der Waals surface area (Å²) in [5.41, 5.74) is 3.53. The number of benzene rings is 3. The van der Waals surface area contributed by atoms with Gasteiger partial charge in [-0.1, -0.05) is 19.1 Å². The van der Waals surface area contributed by atoms with Crippen LogP contribution >= 0.6 is 12.2 Å². The molecule has 0 aliphatic rings. The average Bonchev–Trinajstić information content (AvgIpc) is 2.80. The number of thiocarbonyl (C=S) groups is 1. The molecule has 0 bridgehead atoms. The van der Waals surface area contributed by atoms with Crippen LogP contribution < -0.4 is 20.1 Å². The van der Waals surface area contributed by atoms with Crippen molar-refractivity contribution < 1.29 is 17.9 Å². The molecule has 0 radical (unpaired) electrons. The lowest BCUT2D eigenvalue weighted by molar-refractivity contribution is 0.0977. The standard InChI is InChI=1S/C25H27N3O4S2/c1-4-14-32-22-7-5-6-19(16-22)24(29)27-25(33)26-20-10-12-23(13-11-20)34(30,31)28-21-9-8-17(2)18(3)15-21/h5-13,15-16,28H,4,14H2,1-3H3,(H2,26,27,29,33). The van der Waals surface area contributed by atoms with Crippen LogP contribution in [0.15, 0.2) is 71.6 Å². The molecule has 0 aliphatic carbocycles. The van der Waals surface area contributed by atoms with Gasteiger partial charge in [-0.15, -0.1) is 0 Å². The second kappa shape index (κ2) is 11.1. The molecular weight excluding hydrogens is 470 g/mol. The van der Waals surface area contributed by atoms with Gasteiger partial charge >= 0.3 is 0 Å². The van der Waals surface area contributed by atoms with Crippen molar-refractivity contribution in [3.05, 3.63) is 83.4 Å². The third-order valence-electron chi connectivity index (χ3n) is 4.98. The topological polar surface area (TPSA) is 96.5 Å². The van der Waals surface area contributed by atoms with Crippen LogP contribution in [0.2, 0.25) is 0 Å². The lowest BCUT2D eigenvalue weighted by atomic mass is 10.1. The fourth-order valence-electron chi connectivity index (χ4n) is 3.02. The summed E-state index contributed by atoms with van der Waals surface area (Å²) < 4.78 is 33.5. The molecule has 34 heavy (non-hydrogen) atoms. The van der Waals surface area contributed by atoms with E-state index in [-0.39, 0.29) is 15.9 Å². The van der Waals surface area contributed by atoms with Crippen molar-refractivity contribution in [2.45, 2.75) is 32.1 Å². The van der Waals surface area contributed by atoms with Crippen LogP contribution in [0.4, 0.5) is 11.4 Å². The number of carbonyl (C=O) groups is 1. The number of anilines is 2. The molecule has 0 aromatic heterocycles. The van der Waals surface area contributed by atoms with Crippen molar-refractivity contribution in [1.82, 2.24) is 5.32 Å². The van der Waals surface area contributed by atoms with Crippen molar-refractivity contribution >= 4 is 44.6 Å². The summed E-state index contributed by atoms with van der Waals surface area (Å²) in [6.45, 7) is 6.46. The van der Waals surface area contributed by atoms with E-state index in [4.69, 9.17) is 17.0 Å². The Hall–Kier alpha value is -3.43. The normalized spacial score (nSPS) is 10.9. The van der Waals surface area contributed by atoms with E-state index in [9.17, 15) is 13.2 Å². The summed E-state index contributed by atoms with van der Waals surface area (Å²) in [4.78, 5) is 12.6. The molecule has 0 fully saturated rings. The van der Waals surface area contributed by atoms with Gasteiger partial charge in [0, 0.05) is 16.9 Å². The summed E-state index contributed by atoms with van der Waals surface area (Å²) in [7, 11) is -3.75. The van der Waals surface area contributed by atoms with Crippen molar-refractivity contribution in [3.8, 4) is 5.75 Å². The van der Waals surface area contributed by atoms with Crippen LogP contribution in [0.3, 0.4) is 0 Å². The van der Waals surface area contributed by atoms with E-state index < -0.39 is 10.0 Å². The fraction of sp³-hybridized carbons (Fsp3) is 0.200. The minimum Gasteiger partial charge on any atom is -0.494 e. The maximum atomic E-state index is 12.7. The molecule has 0 aliphatic heterocycles. The smallest absolute Gasteiger partial charge is 0.261 e. The number of ether oxygens (including phenoxy) is 1. The lowest BCUT2D eigenvalue weighted by Gasteiger charge is -2.12. The quantitative estimate of drug-likeness (QED) is 0.378. The predicted octanol–water partition coefficient (Wildman–Crippen LogP) is 5.02. The Kier molecular flexibility index (Phi) is 8.25. The molecule has 3 aromatic carbocycles. The first-order valence-electron chi connectivity index (χ1n) is 10.7. The summed E-state index contributed by atoms with van der Waals surface area (Å²) in [6.07, 6.45) is 0.867. The van der Waals surface area contributed by atoms with Gasteiger partial charge in [-0.05, 0) is 98.2 Å². The van der Waals surface area contributed by atoms with E-state index in [0.717, 1.165) is 17.5 Å². The van der Waals surface area contributed by atoms with Crippen LogP contribution in [0, 0.1) is 13.8 Å². The van der Waals surface area contributed by atoms with Crippen molar-refractivity contribution in [3.63, 3.8) is 0 Å². The minimum absolute atomic E-state index is 0.0914. The fourth-order valence-corrected chi connectivity index (χ4v) is 4.28. The molecule has 178 valence electrons. The molecule has 3 N–H and O–H groups in total. The zero-order chi connectivity index (χ0) is 24.7. The van der Waals surface area contributed by atoms with Gasteiger partial charge in [0.2, 0.25) is 0 Å². The monoisotopic (exact) mass is 497 g/mol. The van der Waals surface area contributed by atoms with Crippen LogP contribution in [0.25, 0.3) is 0 Å². The number of carbonyl (C=O) groups excluding carboxylic acids is 1. The van der Waals surface area contributed by atoms with Gasteiger partial charge in [0.05, 0.1) is 11.5 Å². The van der Waals surface area contributed by atoms with Gasteiger partial charge in [-0.2, -0.15) is 0 Å². The Morgan fingerprint density at radius 3 is 2.32 bits per heavy atom. The maximum Gasteiger partial charge on any atom is 0.261 e. The molecule has 1 amide bonds. The molecule has 0 spiro atoms. The van der Waals surface area contributed by atoms with Crippen LogP contribution in [-0.2, 0) is 10.0 Å². The minimum atomic E-state index is -3.75. The maximum absolute atomic E-state index is 12.7. The SMILES string of the molecule is CCCOc1cccc(C(=O)NC(=S)Nc2ccc(S(=O)(=O)Nc3ccc(C)c(C)c3)cc2)c1. The third-order valence-corrected chi connectivity index (χ3v) is 6.58. The molecule has 3 rings (SSSR count). The van der Waals surface area contributed by atoms with E-state index in [0.29, 0.717) is 29.3 Å². The van der Waals surface area contributed by atoms with Crippen LogP contribution in [-0.4, -0.2) is 26.0 Å². The van der Waals surface area contributed by atoms with E-state index in [1.165, 1.54) is 12.1 Å².